The number of carbonyl (C=O) groups is 1. The Morgan fingerprint density at radius 1 is 1.11 bits per heavy atom. The van der Waals surface area contributed by atoms with E-state index in [9.17, 15) is 14.3 Å². The van der Waals surface area contributed by atoms with Crippen LogP contribution in [-0.4, -0.2) is 58.6 Å². The number of rotatable bonds is 11. The molecule has 1 aliphatic heterocycles. The van der Waals surface area contributed by atoms with Gasteiger partial charge in [-0.3, -0.25) is 4.79 Å². The van der Waals surface area contributed by atoms with E-state index in [1.807, 2.05) is 0 Å². The van der Waals surface area contributed by atoms with Gasteiger partial charge in [-0.2, -0.15) is 8.78 Å². The minimum absolute atomic E-state index is 0.0283. The Morgan fingerprint density at radius 2 is 1.84 bits per heavy atom. The maximum absolute atomic E-state index is 15.0. The van der Waals surface area contributed by atoms with Crippen LogP contribution < -0.4 is 10.1 Å². The minimum Gasteiger partial charge on any atom is -0.474 e. The van der Waals surface area contributed by atoms with Crippen LogP contribution in [0.2, 0.25) is 0 Å². The van der Waals surface area contributed by atoms with Gasteiger partial charge in [-0.1, -0.05) is 24.3 Å². The first-order chi connectivity index (χ1) is 18.3. The molecule has 1 aromatic heterocycles. The number of fused-ring (bicyclic) bond motifs is 1. The maximum atomic E-state index is 15.0. The standard InChI is InChI=1S/C29H32F3N3O3/c30-23-7-5-20-15-19(3-4-21(20)16-23)11-12-29(31,32)28(37)34-25(18-35-13-1-2-14-35)27(36)22-6-10-26(33-17-22)38-24-8-9-24/h3-7,10,15-17,24-25,27,36H,1-2,8-9,11-14,18H2,(H,34,37). The van der Waals surface area contributed by atoms with Gasteiger partial charge in [-0.25, -0.2) is 9.37 Å². The molecule has 1 amide bonds. The lowest BCUT2D eigenvalue weighted by Crippen LogP contribution is -2.51. The average molecular weight is 528 g/mol. The molecule has 2 atom stereocenters. The molecule has 0 bridgehead atoms. The molecule has 2 aliphatic rings. The van der Waals surface area contributed by atoms with Crippen LogP contribution in [0.4, 0.5) is 13.2 Å². The highest BCUT2D eigenvalue weighted by Crippen LogP contribution is 2.28. The second kappa shape index (κ2) is 11.3. The summed E-state index contributed by atoms with van der Waals surface area (Å²) in [6.07, 6.45) is 3.68. The molecule has 2 heterocycles. The Labute approximate surface area is 219 Å². The summed E-state index contributed by atoms with van der Waals surface area (Å²) in [4.78, 5) is 19.1. The molecule has 3 aromatic rings. The Hall–Kier alpha value is -3.17. The van der Waals surface area contributed by atoms with E-state index < -0.39 is 30.4 Å². The van der Waals surface area contributed by atoms with E-state index in [1.165, 1.54) is 18.3 Å². The molecule has 2 N–H and O–H groups in total. The molecule has 2 fully saturated rings. The van der Waals surface area contributed by atoms with Crippen LogP contribution >= 0.6 is 0 Å². The molecular weight excluding hydrogens is 495 g/mol. The van der Waals surface area contributed by atoms with E-state index in [-0.39, 0.29) is 24.9 Å². The number of alkyl halides is 2. The normalized spacial score (nSPS) is 17.9. The molecule has 1 saturated carbocycles. The lowest BCUT2D eigenvalue weighted by atomic mass is 10.0. The smallest absolute Gasteiger partial charge is 0.324 e. The Bertz CT molecular complexity index is 1260. The summed E-state index contributed by atoms with van der Waals surface area (Å²) in [6.45, 7) is 1.83. The molecule has 2 unspecified atom stereocenters. The van der Waals surface area contributed by atoms with Crippen molar-refractivity contribution in [3.05, 3.63) is 71.7 Å². The minimum atomic E-state index is -3.64. The molecule has 0 radical (unpaired) electrons. The van der Waals surface area contributed by atoms with E-state index >= 15 is 8.78 Å². The van der Waals surface area contributed by atoms with Crippen LogP contribution in [0.25, 0.3) is 10.8 Å². The Balaban J connectivity index is 1.24. The van der Waals surface area contributed by atoms with E-state index in [2.05, 4.69) is 15.2 Å². The topological polar surface area (TPSA) is 74.7 Å². The predicted octanol–water partition coefficient (Wildman–Crippen LogP) is 4.80. The van der Waals surface area contributed by atoms with Crippen LogP contribution in [0, 0.1) is 5.82 Å². The van der Waals surface area contributed by atoms with Gasteiger partial charge in [-0.05, 0) is 79.7 Å². The van der Waals surface area contributed by atoms with Gasteiger partial charge < -0.3 is 20.1 Å². The van der Waals surface area contributed by atoms with Crippen molar-refractivity contribution in [1.29, 1.82) is 0 Å². The van der Waals surface area contributed by atoms with Crippen LogP contribution in [0.3, 0.4) is 0 Å². The van der Waals surface area contributed by atoms with Crippen molar-refractivity contribution in [3.63, 3.8) is 0 Å². The number of amides is 1. The summed E-state index contributed by atoms with van der Waals surface area (Å²) >= 11 is 0. The lowest BCUT2D eigenvalue weighted by molar-refractivity contribution is -0.148. The van der Waals surface area contributed by atoms with Gasteiger partial charge in [0.1, 0.15) is 18.0 Å². The zero-order valence-electron chi connectivity index (χ0n) is 21.1. The van der Waals surface area contributed by atoms with Gasteiger partial charge in [0, 0.05) is 30.8 Å². The monoisotopic (exact) mass is 527 g/mol. The number of aliphatic hydroxyl groups excluding tert-OH is 1. The number of nitrogens with zero attached hydrogens (tertiary/aromatic N) is 2. The van der Waals surface area contributed by atoms with E-state index in [0.29, 0.717) is 22.4 Å². The number of aromatic nitrogens is 1. The molecule has 202 valence electrons. The van der Waals surface area contributed by atoms with Crippen LogP contribution in [0.5, 0.6) is 5.88 Å². The highest BCUT2D eigenvalue weighted by molar-refractivity contribution is 5.84. The van der Waals surface area contributed by atoms with Gasteiger partial charge >= 0.3 is 5.92 Å². The molecule has 5 rings (SSSR count). The second-order valence-electron chi connectivity index (χ2n) is 10.3. The number of hydrogen-bond acceptors (Lipinski definition) is 5. The highest BCUT2D eigenvalue weighted by atomic mass is 19.3. The molecule has 6 nitrogen and oxygen atoms in total. The summed E-state index contributed by atoms with van der Waals surface area (Å²) in [5.41, 5.74) is 1.05. The van der Waals surface area contributed by atoms with E-state index in [1.54, 1.807) is 36.4 Å². The Kier molecular flexibility index (Phi) is 7.85. The quantitative estimate of drug-likeness (QED) is 0.375. The zero-order chi connectivity index (χ0) is 26.7. The molecule has 9 heteroatoms. The number of ether oxygens (including phenoxy) is 1. The largest absolute Gasteiger partial charge is 0.474 e. The summed E-state index contributed by atoms with van der Waals surface area (Å²) in [5, 5.41) is 14.9. The first-order valence-corrected chi connectivity index (χ1v) is 13.2. The summed E-state index contributed by atoms with van der Waals surface area (Å²) in [5.74, 6) is -4.96. The zero-order valence-corrected chi connectivity index (χ0v) is 21.1. The van der Waals surface area contributed by atoms with Crippen molar-refractivity contribution in [2.45, 2.75) is 62.7 Å². The maximum Gasteiger partial charge on any atom is 0.324 e. The number of halogens is 3. The van der Waals surface area contributed by atoms with Crippen molar-refractivity contribution in [2.75, 3.05) is 19.6 Å². The third-order valence-corrected chi connectivity index (χ3v) is 7.19. The first-order valence-electron chi connectivity index (χ1n) is 13.2. The third kappa shape index (κ3) is 6.63. The fourth-order valence-electron chi connectivity index (χ4n) is 4.80. The van der Waals surface area contributed by atoms with E-state index in [4.69, 9.17) is 4.74 Å². The van der Waals surface area contributed by atoms with Gasteiger partial charge in [-0.15, -0.1) is 0 Å². The van der Waals surface area contributed by atoms with Crippen LogP contribution in [0.15, 0.2) is 54.7 Å². The number of pyridine rings is 1. The third-order valence-electron chi connectivity index (χ3n) is 7.19. The van der Waals surface area contributed by atoms with Crippen molar-refractivity contribution < 1.29 is 27.8 Å². The number of nitrogens with one attached hydrogen (secondary N) is 1. The molecule has 1 aliphatic carbocycles. The van der Waals surface area contributed by atoms with Gasteiger partial charge in [0.15, 0.2) is 0 Å². The number of benzene rings is 2. The van der Waals surface area contributed by atoms with Crippen molar-refractivity contribution in [1.82, 2.24) is 15.2 Å². The number of aliphatic hydroxyl groups is 1. The molecular formula is C29H32F3N3O3. The van der Waals surface area contributed by atoms with E-state index in [0.717, 1.165) is 44.2 Å². The summed E-state index contributed by atoms with van der Waals surface area (Å²) < 4.78 is 49.1. The highest BCUT2D eigenvalue weighted by Gasteiger charge is 2.40. The van der Waals surface area contributed by atoms with Gasteiger partial charge in [0.2, 0.25) is 5.88 Å². The van der Waals surface area contributed by atoms with Crippen LogP contribution in [0.1, 0.15) is 49.3 Å². The molecule has 0 spiro atoms. The lowest BCUT2D eigenvalue weighted by Gasteiger charge is -2.30. The fraction of sp³-hybridized carbons (Fsp3) is 0.448. The molecule has 2 aromatic carbocycles. The summed E-state index contributed by atoms with van der Waals surface area (Å²) in [6, 6.07) is 11.8. The van der Waals surface area contributed by atoms with Gasteiger partial charge in [0.05, 0.1) is 6.04 Å². The first kappa shape index (κ1) is 26.4. The van der Waals surface area contributed by atoms with Gasteiger partial charge in [0.25, 0.3) is 5.91 Å². The predicted molar refractivity (Wildman–Crippen MR) is 138 cm³/mol. The second-order valence-corrected chi connectivity index (χ2v) is 10.3. The van der Waals surface area contributed by atoms with Crippen LogP contribution in [-0.2, 0) is 11.2 Å². The number of likely N-dealkylation sites (tertiary alicyclic amines) is 1. The Morgan fingerprint density at radius 3 is 2.55 bits per heavy atom. The molecule has 38 heavy (non-hydrogen) atoms. The molecule has 1 saturated heterocycles. The van der Waals surface area contributed by atoms with Crippen molar-refractivity contribution >= 4 is 16.7 Å². The van der Waals surface area contributed by atoms with Crippen molar-refractivity contribution in [3.8, 4) is 5.88 Å². The number of aryl methyl sites for hydroxylation is 1. The SMILES string of the molecule is O=C(NC(CN1CCCC1)C(O)c1ccc(OC2CC2)nc1)C(F)(F)CCc1ccc2cc(F)ccc2c1. The average Bonchev–Trinajstić information content (AvgIpc) is 3.58. The summed E-state index contributed by atoms with van der Waals surface area (Å²) in [7, 11) is 0. The number of carbonyl (C=O) groups excluding carboxylic acids is 1. The van der Waals surface area contributed by atoms with Crippen molar-refractivity contribution in [2.24, 2.45) is 0 Å². The fourth-order valence-corrected chi connectivity index (χ4v) is 4.80. The number of hydrogen-bond donors (Lipinski definition) is 2.